The lowest BCUT2D eigenvalue weighted by Gasteiger charge is -2.30. The summed E-state index contributed by atoms with van der Waals surface area (Å²) >= 11 is 0. The molecule has 0 spiro atoms. The Kier molecular flexibility index (Phi) is 4.06. The average molecular weight is 253 g/mol. The Morgan fingerprint density at radius 3 is 3.22 bits per heavy atom. The van der Waals surface area contributed by atoms with Crippen molar-refractivity contribution in [3.05, 3.63) is 28.4 Å². The van der Waals surface area contributed by atoms with Crippen LogP contribution in [0.1, 0.15) is 16.9 Å². The highest BCUT2D eigenvalue weighted by atomic mass is 16.5. The second-order valence-electron chi connectivity index (χ2n) is 3.98. The van der Waals surface area contributed by atoms with Gasteiger partial charge in [-0.3, -0.25) is 9.59 Å². The van der Waals surface area contributed by atoms with E-state index >= 15 is 0 Å². The highest BCUT2D eigenvalue weighted by Gasteiger charge is 2.28. The van der Waals surface area contributed by atoms with Gasteiger partial charge in [0.2, 0.25) is 0 Å². The molecule has 2 rings (SSSR count). The smallest absolute Gasteiger partial charge is 0.279 e. The van der Waals surface area contributed by atoms with E-state index in [-0.39, 0.29) is 17.8 Å². The third-order valence-corrected chi connectivity index (χ3v) is 2.85. The van der Waals surface area contributed by atoms with Gasteiger partial charge in [-0.25, -0.2) is 4.98 Å². The second-order valence-corrected chi connectivity index (χ2v) is 3.98. The summed E-state index contributed by atoms with van der Waals surface area (Å²) in [6, 6.07) is -0.169. The molecule has 1 aromatic rings. The number of hydrogen-bond acceptors (Lipinski definition) is 5. The van der Waals surface area contributed by atoms with Gasteiger partial charge in [0.1, 0.15) is 6.10 Å². The molecule has 0 bridgehead atoms. The summed E-state index contributed by atoms with van der Waals surface area (Å²) in [5, 5.41) is 2.75. The maximum absolute atomic E-state index is 11.9. The maximum atomic E-state index is 11.9. The molecule has 2 atom stereocenters. The van der Waals surface area contributed by atoms with Crippen molar-refractivity contribution in [2.45, 2.75) is 18.6 Å². The van der Waals surface area contributed by atoms with Crippen LogP contribution in [0.15, 0.2) is 17.2 Å². The van der Waals surface area contributed by atoms with Gasteiger partial charge in [-0.2, -0.15) is 0 Å². The van der Waals surface area contributed by atoms with E-state index < -0.39 is 11.5 Å². The Balaban J connectivity index is 2.07. The van der Waals surface area contributed by atoms with Gasteiger partial charge in [-0.15, -0.1) is 0 Å². The van der Waals surface area contributed by atoms with E-state index in [2.05, 4.69) is 15.3 Å². The van der Waals surface area contributed by atoms with Crippen LogP contribution in [0.5, 0.6) is 0 Å². The standard InChI is InChI=1S/C11H15N3O4/c1-17-8-6-18-5-2-7(8)14-11(16)9-10(15)13-4-3-12-9/h3-4,7-8H,2,5-6H2,1H3,(H,13,15)(H,14,16)/t7-,8-/m1/s1. The van der Waals surface area contributed by atoms with E-state index in [9.17, 15) is 9.59 Å². The van der Waals surface area contributed by atoms with Crippen molar-refractivity contribution in [2.75, 3.05) is 20.3 Å². The van der Waals surface area contributed by atoms with Gasteiger partial charge >= 0.3 is 0 Å². The lowest BCUT2D eigenvalue weighted by atomic mass is 10.1. The van der Waals surface area contributed by atoms with Crippen molar-refractivity contribution in [3.8, 4) is 0 Å². The van der Waals surface area contributed by atoms with Crippen molar-refractivity contribution in [1.82, 2.24) is 15.3 Å². The highest BCUT2D eigenvalue weighted by molar-refractivity contribution is 5.92. The number of amides is 1. The second kappa shape index (κ2) is 5.74. The quantitative estimate of drug-likeness (QED) is 0.743. The minimum atomic E-state index is -0.504. The van der Waals surface area contributed by atoms with Gasteiger partial charge in [-0.1, -0.05) is 0 Å². The van der Waals surface area contributed by atoms with Crippen LogP contribution in [-0.4, -0.2) is 48.3 Å². The summed E-state index contributed by atoms with van der Waals surface area (Å²) in [6.07, 6.45) is 3.19. The number of rotatable bonds is 3. The predicted octanol–water partition coefficient (Wildman–Crippen LogP) is -0.696. The fourth-order valence-electron chi connectivity index (χ4n) is 1.86. The van der Waals surface area contributed by atoms with Gasteiger partial charge in [-0.05, 0) is 6.42 Å². The molecule has 2 heterocycles. The van der Waals surface area contributed by atoms with Gasteiger partial charge < -0.3 is 19.8 Å². The van der Waals surface area contributed by atoms with E-state index in [1.54, 1.807) is 7.11 Å². The molecule has 18 heavy (non-hydrogen) atoms. The Morgan fingerprint density at radius 1 is 1.67 bits per heavy atom. The molecule has 1 aliphatic rings. The molecule has 1 amide bonds. The number of nitrogens with zero attached hydrogens (tertiary/aromatic N) is 1. The molecule has 1 aliphatic heterocycles. The number of methoxy groups -OCH3 is 1. The minimum absolute atomic E-state index is 0.140. The molecule has 0 aliphatic carbocycles. The number of ether oxygens (including phenoxy) is 2. The lowest BCUT2D eigenvalue weighted by molar-refractivity contribution is -0.0479. The zero-order valence-electron chi connectivity index (χ0n) is 10.0. The van der Waals surface area contributed by atoms with E-state index in [0.717, 1.165) is 0 Å². The molecule has 0 radical (unpaired) electrons. The first kappa shape index (κ1) is 12.7. The maximum Gasteiger partial charge on any atom is 0.279 e. The fourth-order valence-corrected chi connectivity index (χ4v) is 1.86. The predicted molar refractivity (Wildman–Crippen MR) is 62.3 cm³/mol. The first-order chi connectivity index (χ1) is 8.72. The molecule has 0 aromatic carbocycles. The van der Waals surface area contributed by atoms with Crippen LogP contribution in [0.25, 0.3) is 0 Å². The van der Waals surface area contributed by atoms with Gasteiger partial charge in [0.25, 0.3) is 11.5 Å². The van der Waals surface area contributed by atoms with Crippen molar-refractivity contribution >= 4 is 5.91 Å². The average Bonchev–Trinajstić information content (AvgIpc) is 2.39. The summed E-state index contributed by atoms with van der Waals surface area (Å²) < 4.78 is 10.5. The van der Waals surface area contributed by atoms with Crippen molar-refractivity contribution < 1.29 is 14.3 Å². The number of H-pyrrole nitrogens is 1. The molecule has 0 saturated carbocycles. The summed E-state index contributed by atoms with van der Waals surface area (Å²) in [4.78, 5) is 29.5. The molecule has 7 nitrogen and oxygen atoms in total. The molecule has 1 aromatic heterocycles. The summed E-state index contributed by atoms with van der Waals surface area (Å²) in [5.41, 5.74) is -0.644. The third-order valence-electron chi connectivity index (χ3n) is 2.85. The number of hydrogen-bond donors (Lipinski definition) is 2. The van der Waals surface area contributed by atoms with Crippen LogP contribution >= 0.6 is 0 Å². The van der Waals surface area contributed by atoms with Crippen molar-refractivity contribution in [3.63, 3.8) is 0 Å². The monoisotopic (exact) mass is 253 g/mol. The van der Waals surface area contributed by atoms with E-state index in [0.29, 0.717) is 19.6 Å². The molecule has 7 heteroatoms. The van der Waals surface area contributed by atoms with Crippen molar-refractivity contribution in [1.29, 1.82) is 0 Å². The first-order valence-corrected chi connectivity index (χ1v) is 5.67. The van der Waals surface area contributed by atoms with Crippen LogP contribution in [0.4, 0.5) is 0 Å². The van der Waals surface area contributed by atoms with Gasteiger partial charge in [0, 0.05) is 26.1 Å². The number of nitrogens with one attached hydrogen (secondary N) is 2. The Labute approximate surface area is 104 Å². The SMILES string of the molecule is CO[C@@H]1COCC[C@H]1NC(=O)c1ncc[nH]c1=O. The molecular weight excluding hydrogens is 238 g/mol. The number of aromatic nitrogens is 2. The summed E-state index contributed by atoms with van der Waals surface area (Å²) in [6.45, 7) is 0.989. The summed E-state index contributed by atoms with van der Waals surface area (Å²) in [5.74, 6) is -0.495. The van der Waals surface area contributed by atoms with Crippen LogP contribution < -0.4 is 10.9 Å². The molecule has 1 saturated heterocycles. The van der Waals surface area contributed by atoms with E-state index in [1.807, 2.05) is 0 Å². The van der Waals surface area contributed by atoms with E-state index in [1.165, 1.54) is 12.4 Å². The van der Waals surface area contributed by atoms with Crippen molar-refractivity contribution in [2.24, 2.45) is 0 Å². The van der Waals surface area contributed by atoms with Crippen LogP contribution in [-0.2, 0) is 9.47 Å². The largest absolute Gasteiger partial charge is 0.379 e. The van der Waals surface area contributed by atoms with Gasteiger partial charge in [0.15, 0.2) is 5.69 Å². The molecule has 98 valence electrons. The third kappa shape index (κ3) is 2.74. The van der Waals surface area contributed by atoms with Gasteiger partial charge in [0.05, 0.1) is 12.6 Å². The minimum Gasteiger partial charge on any atom is -0.379 e. The zero-order valence-corrected chi connectivity index (χ0v) is 10.0. The molecular formula is C11H15N3O4. The fraction of sp³-hybridized carbons (Fsp3) is 0.545. The van der Waals surface area contributed by atoms with Crippen LogP contribution in [0.3, 0.4) is 0 Å². The lowest BCUT2D eigenvalue weighted by Crippen LogP contribution is -2.50. The molecule has 0 unspecified atom stereocenters. The van der Waals surface area contributed by atoms with Crippen LogP contribution in [0, 0.1) is 0 Å². The normalized spacial score (nSPS) is 23.6. The molecule has 1 fully saturated rings. The summed E-state index contributed by atoms with van der Waals surface area (Å²) in [7, 11) is 1.56. The molecule has 2 N–H and O–H groups in total. The zero-order chi connectivity index (χ0) is 13.0. The number of carbonyl (C=O) groups is 1. The van der Waals surface area contributed by atoms with Crippen LogP contribution in [0.2, 0.25) is 0 Å². The Morgan fingerprint density at radius 2 is 2.50 bits per heavy atom. The van der Waals surface area contributed by atoms with E-state index in [4.69, 9.17) is 9.47 Å². The number of aromatic amines is 1. The Hall–Kier alpha value is -1.73. The highest BCUT2D eigenvalue weighted by Crippen LogP contribution is 2.10. The number of carbonyl (C=O) groups excluding carboxylic acids is 1. The topological polar surface area (TPSA) is 93.3 Å². The Bertz CT molecular complexity index is 473. The first-order valence-electron chi connectivity index (χ1n) is 5.67.